The quantitative estimate of drug-likeness (QED) is 0.0221. The van der Waals surface area contributed by atoms with Crippen molar-refractivity contribution in [1.82, 2.24) is 0 Å². The molecule has 2 fully saturated rings. The summed E-state index contributed by atoms with van der Waals surface area (Å²) in [5.41, 5.74) is -12.6. The second-order valence-electron chi connectivity index (χ2n) is 18.5. The number of ether oxygens (including phenoxy) is 8. The number of hydrogen-bond donors (Lipinski definition) is 0. The van der Waals surface area contributed by atoms with Crippen molar-refractivity contribution in [3.05, 3.63) is 133 Å². The molecule has 73 heavy (non-hydrogen) atoms. The first-order valence-electron chi connectivity index (χ1n) is 23.7. The average molecular weight is 1030 g/mol. The molecule has 0 radical (unpaired) electrons. The molecule has 0 unspecified atom stereocenters. The van der Waals surface area contributed by atoms with E-state index in [2.05, 4.69) is 20.1 Å². The number of carbonyl (C=O) groups excluding carboxylic acids is 5. The summed E-state index contributed by atoms with van der Waals surface area (Å²) in [4.78, 5) is 68.6. The number of carbonyl (C=O) groups is 5. The minimum atomic E-state index is -5.47. The van der Waals surface area contributed by atoms with Crippen molar-refractivity contribution in [1.29, 1.82) is 0 Å². The number of unbranched alkanes of at least 4 members (excludes halogenated alkanes) is 3. The van der Waals surface area contributed by atoms with Gasteiger partial charge in [0.15, 0.2) is 0 Å². The first kappa shape index (κ1) is 57.8. The van der Waals surface area contributed by atoms with E-state index in [1.165, 1.54) is 48.6 Å². The Balaban J connectivity index is 1.76. The first-order valence-corrected chi connectivity index (χ1v) is 23.7. The molecule has 0 aromatic heterocycles. The number of hydrogen-bond acceptors (Lipinski definition) is 13. The minimum absolute atomic E-state index is 0.0954. The van der Waals surface area contributed by atoms with Gasteiger partial charge in [-0.2, -0.15) is 26.3 Å². The van der Waals surface area contributed by atoms with Crippen LogP contribution in [0.5, 0.6) is 0 Å². The Bertz CT molecular complexity index is 2420. The maximum absolute atomic E-state index is 15.5. The largest absolute Gasteiger partial charge is 0.458 e. The molecule has 0 bridgehead atoms. The van der Waals surface area contributed by atoms with Crippen LogP contribution in [0.15, 0.2) is 121 Å². The number of methoxy groups -OCH3 is 2. The van der Waals surface area contributed by atoms with Gasteiger partial charge in [-0.3, -0.25) is 14.3 Å². The van der Waals surface area contributed by atoms with Crippen molar-refractivity contribution in [3.8, 4) is 0 Å². The van der Waals surface area contributed by atoms with E-state index in [0.29, 0.717) is 14.2 Å². The predicted octanol–water partition coefficient (Wildman–Crippen LogP) is 10.5. The fourth-order valence-corrected chi connectivity index (χ4v) is 10.5. The van der Waals surface area contributed by atoms with Crippen LogP contribution < -0.4 is 0 Å². The highest BCUT2D eigenvalue weighted by Gasteiger charge is 2.75. The van der Waals surface area contributed by atoms with Crippen LogP contribution in [-0.2, 0) is 73.1 Å². The van der Waals surface area contributed by atoms with Crippen LogP contribution >= 0.6 is 0 Å². The summed E-state index contributed by atoms with van der Waals surface area (Å²) < 4.78 is 138. The van der Waals surface area contributed by atoms with Gasteiger partial charge in [0.2, 0.25) is 12.6 Å². The lowest BCUT2D eigenvalue weighted by Gasteiger charge is -2.61. The van der Waals surface area contributed by atoms with E-state index in [-0.39, 0.29) is 17.6 Å². The maximum atomic E-state index is 15.5. The molecule has 3 aliphatic rings. The lowest BCUT2D eigenvalue weighted by molar-refractivity contribution is -0.291. The van der Waals surface area contributed by atoms with E-state index in [9.17, 15) is 24.0 Å². The minimum Gasteiger partial charge on any atom is -0.458 e. The highest BCUT2D eigenvalue weighted by molar-refractivity contribution is 5.84. The first-order chi connectivity index (χ1) is 34.3. The molecular weight excluding hydrogens is 971 g/mol. The third-order valence-electron chi connectivity index (χ3n) is 14.2. The number of esters is 5. The third-order valence-corrected chi connectivity index (χ3v) is 14.2. The Hall–Kier alpha value is -6.05. The molecule has 1 heterocycles. The molecule has 0 N–H and O–H groups in total. The van der Waals surface area contributed by atoms with Gasteiger partial charge in [0, 0.05) is 50.8 Å². The van der Waals surface area contributed by atoms with E-state index in [1.807, 2.05) is 6.08 Å². The topological polar surface area (TPSA) is 159 Å². The van der Waals surface area contributed by atoms with Gasteiger partial charge in [0.1, 0.15) is 23.7 Å². The maximum Gasteiger partial charge on any atom is 0.432 e. The number of halogens is 6. The number of alkyl halides is 6. The third kappa shape index (κ3) is 11.4. The molecule has 11 atom stereocenters. The lowest BCUT2D eigenvalue weighted by atomic mass is 9.44. The average Bonchev–Trinajstić information content (AvgIpc) is 3.61. The van der Waals surface area contributed by atoms with Crippen LogP contribution in [0, 0.1) is 22.7 Å². The predicted molar refractivity (Wildman–Crippen MR) is 251 cm³/mol. The van der Waals surface area contributed by atoms with Gasteiger partial charge >= 0.3 is 42.2 Å². The molecule has 19 heteroatoms. The second-order valence-corrected chi connectivity index (χ2v) is 18.5. The van der Waals surface area contributed by atoms with E-state index >= 15 is 26.3 Å². The fraction of sp³-hybridized carbons (Fsp3) is 0.500. The Kier molecular flexibility index (Phi) is 18.6. The molecule has 1 saturated heterocycles. The van der Waals surface area contributed by atoms with Gasteiger partial charge in [-0.15, -0.1) is 0 Å². The highest BCUT2D eigenvalue weighted by Crippen LogP contribution is 2.68. The van der Waals surface area contributed by atoms with Crippen LogP contribution in [0.3, 0.4) is 0 Å². The molecule has 1 aliphatic heterocycles. The Morgan fingerprint density at radius 3 is 1.86 bits per heavy atom. The van der Waals surface area contributed by atoms with Gasteiger partial charge in [0.05, 0.1) is 0 Å². The van der Waals surface area contributed by atoms with Crippen LogP contribution in [0.4, 0.5) is 26.3 Å². The van der Waals surface area contributed by atoms with Crippen LogP contribution in [0.2, 0.25) is 0 Å². The number of benzene rings is 2. The zero-order valence-corrected chi connectivity index (χ0v) is 41.7. The summed E-state index contributed by atoms with van der Waals surface area (Å²) in [5, 5.41) is 0. The van der Waals surface area contributed by atoms with Gasteiger partial charge in [-0.25, -0.2) is 14.4 Å². The van der Waals surface area contributed by atoms with Crippen molar-refractivity contribution in [3.63, 3.8) is 0 Å². The smallest absolute Gasteiger partial charge is 0.432 e. The normalized spacial score (nSPS) is 27.0. The summed E-state index contributed by atoms with van der Waals surface area (Å²) in [6.07, 6.45) is -8.35. The molecule has 1 saturated carbocycles. The van der Waals surface area contributed by atoms with Gasteiger partial charge < -0.3 is 33.2 Å². The number of rotatable bonds is 21. The standard InChI is InChI=1S/C54H62F6O13/c1-10-12-13-14-15-16-23-28-44(63)70-39-30-40-45(68-35(5)61)73-48(69-36(6)62)50(40)42(31-39)49(7,34(4)29-43(50)72-47(65)52(67-9,54(58,59)60)38-26-21-18-22-27-38)32-41(33(3)11-2)71-46(64)51(66-8,53(55,56)57)37-24-19-17-20-25-37/h11,15-28,30,34,39,41-43,45,48H,2-3,10,12-14,29,31-32H2,1,4-9H3/b16-15+,28-23-/t34-,39+,41-,42+,43+,45+,48-,49-,50-,51+,52+/m1/s1. The lowest BCUT2D eigenvalue weighted by Crippen LogP contribution is -2.65. The molecule has 2 aromatic rings. The number of allylic oxidation sites excluding steroid dienone is 3. The van der Waals surface area contributed by atoms with E-state index in [0.717, 1.165) is 75.9 Å². The molecule has 13 nitrogen and oxygen atoms in total. The molecule has 1 spiro atoms. The summed E-state index contributed by atoms with van der Waals surface area (Å²) >= 11 is 0. The Labute approximate surface area is 420 Å². The monoisotopic (exact) mass is 1030 g/mol. The summed E-state index contributed by atoms with van der Waals surface area (Å²) in [5.74, 6) is -8.87. The second kappa shape index (κ2) is 23.4. The van der Waals surface area contributed by atoms with Crippen molar-refractivity contribution < 1.29 is 88.2 Å². The van der Waals surface area contributed by atoms with Gasteiger partial charge in [0.25, 0.3) is 11.2 Å². The fourth-order valence-electron chi connectivity index (χ4n) is 10.5. The molecule has 0 amide bonds. The molecular formula is C54H62F6O13. The SMILES string of the molecule is C=CC(=C)[C@@H](C[C@]1(C)[C@H](C)C[C@H](OC(=O)[C@@](OC)(c2ccccc2)C(F)(F)F)[C@@]23C(=C[C@H](OC(=O)/C=C\C=C\CCCCC)C[C@@H]12)[C@@H](OC(C)=O)O[C@H]3OC(C)=O)OC(=O)[C@@](OC)(c1ccccc1)C(F)(F)F. The molecule has 398 valence electrons. The van der Waals surface area contributed by atoms with Crippen LogP contribution in [0.1, 0.15) is 90.7 Å². The van der Waals surface area contributed by atoms with E-state index < -0.39 is 131 Å². The summed E-state index contributed by atoms with van der Waals surface area (Å²) in [6, 6.07) is 12.0. The van der Waals surface area contributed by atoms with Gasteiger partial charge in [-0.1, -0.05) is 132 Å². The van der Waals surface area contributed by atoms with Crippen LogP contribution in [0.25, 0.3) is 0 Å². The van der Waals surface area contributed by atoms with Crippen molar-refractivity contribution in [2.75, 3.05) is 14.2 Å². The Morgan fingerprint density at radius 2 is 1.36 bits per heavy atom. The molecule has 2 aliphatic carbocycles. The van der Waals surface area contributed by atoms with Crippen molar-refractivity contribution in [2.24, 2.45) is 22.7 Å². The Morgan fingerprint density at radius 1 is 0.795 bits per heavy atom. The summed E-state index contributed by atoms with van der Waals surface area (Å²) in [6.45, 7) is 15.0. The van der Waals surface area contributed by atoms with Crippen molar-refractivity contribution >= 4 is 29.8 Å². The van der Waals surface area contributed by atoms with Crippen molar-refractivity contribution in [2.45, 2.75) is 134 Å². The molecule has 2 aromatic carbocycles. The zero-order valence-electron chi connectivity index (χ0n) is 41.7. The van der Waals surface area contributed by atoms with Crippen LogP contribution in [-0.4, -0.2) is 87.3 Å². The molecule has 5 rings (SSSR count). The van der Waals surface area contributed by atoms with Gasteiger partial charge in [-0.05, 0) is 61.0 Å². The van der Waals surface area contributed by atoms with E-state index in [1.54, 1.807) is 19.9 Å². The zero-order chi connectivity index (χ0) is 54.2. The highest BCUT2D eigenvalue weighted by atomic mass is 19.4. The van der Waals surface area contributed by atoms with E-state index in [4.69, 9.17) is 37.9 Å². The summed E-state index contributed by atoms with van der Waals surface area (Å²) in [7, 11) is 1.36.